The van der Waals surface area contributed by atoms with Crippen molar-refractivity contribution in [1.29, 1.82) is 0 Å². The highest BCUT2D eigenvalue weighted by molar-refractivity contribution is 6.06. The predicted octanol–water partition coefficient (Wildman–Crippen LogP) is -3.95. The number of carbonyl (C=O) groups is 1. The smallest absolute Gasteiger partial charge is 0.484 e. The lowest BCUT2D eigenvalue weighted by atomic mass is 10.0. The minimum atomic E-state index is -1.98. The SMILES string of the molecule is O=C([O][Al])[C@H](O)[C@@H](O)[C@H](O)[C@H](O)CO. The van der Waals surface area contributed by atoms with Crippen molar-refractivity contribution in [2.75, 3.05) is 6.61 Å². The summed E-state index contributed by atoms with van der Waals surface area (Å²) >= 11 is 1.56. The molecule has 0 fully saturated rings. The summed E-state index contributed by atoms with van der Waals surface area (Å²) in [4.78, 5) is 10.7. The van der Waals surface area contributed by atoms with Crippen LogP contribution in [0.1, 0.15) is 0 Å². The lowest BCUT2D eigenvalue weighted by molar-refractivity contribution is -0.161. The molecule has 2 radical (unpaired) electrons. The van der Waals surface area contributed by atoms with Gasteiger partial charge in [-0.3, -0.25) is 4.79 Å². The van der Waals surface area contributed by atoms with Gasteiger partial charge in [-0.15, -0.1) is 0 Å². The van der Waals surface area contributed by atoms with Crippen molar-refractivity contribution in [3.05, 3.63) is 0 Å². The molecule has 0 aliphatic carbocycles. The Morgan fingerprint density at radius 2 is 1.71 bits per heavy atom. The zero-order chi connectivity index (χ0) is 11.3. The van der Waals surface area contributed by atoms with Crippen molar-refractivity contribution in [1.82, 2.24) is 0 Å². The molecule has 0 amide bonds. The standard InChI is InChI=1S/C6H12O7.Al/c7-1-2(8)3(9)4(10)5(11)6(12)13;/h2-5,7-11H,1H2,(H,12,13);/q;+1/p-1/t2-,3-,4+,5-;/m1./s1. The summed E-state index contributed by atoms with van der Waals surface area (Å²) in [6.45, 7) is -0.805. The Balaban J connectivity index is 4.30. The highest BCUT2D eigenvalue weighted by Crippen LogP contribution is 2.05. The van der Waals surface area contributed by atoms with E-state index < -0.39 is 37.0 Å². The van der Waals surface area contributed by atoms with Crippen LogP contribution in [0.4, 0.5) is 0 Å². The molecule has 0 spiro atoms. The van der Waals surface area contributed by atoms with E-state index in [1.165, 1.54) is 0 Å². The topological polar surface area (TPSA) is 127 Å². The molecular weight excluding hydrogens is 211 g/mol. The van der Waals surface area contributed by atoms with Crippen LogP contribution in [0.3, 0.4) is 0 Å². The van der Waals surface area contributed by atoms with Gasteiger partial charge in [0.2, 0.25) is 0 Å². The maximum Gasteiger partial charge on any atom is 0.484 e. The monoisotopic (exact) mass is 222 g/mol. The fourth-order valence-electron chi connectivity index (χ4n) is 0.732. The number of hydrogen-bond acceptors (Lipinski definition) is 7. The molecule has 0 aromatic rings. The van der Waals surface area contributed by atoms with E-state index in [1.807, 2.05) is 0 Å². The summed E-state index contributed by atoms with van der Waals surface area (Å²) in [5.41, 5.74) is 0. The number of aliphatic hydroxyl groups excluding tert-OH is 5. The van der Waals surface area contributed by atoms with Crippen molar-refractivity contribution < 1.29 is 34.1 Å². The van der Waals surface area contributed by atoms with E-state index in [4.69, 9.17) is 25.5 Å². The summed E-state index contributed by atoms with van der Waals surface area (Å²) in [6, 6.07) is 0. The maximum absolute atomic E-state index is 10.7. The molecule has 0 aromatic carbocycles. The molecule has 80 valence electrons. The van der Waals surface area contributed by atoms with Crippen LogP contribution in [-0.4, -0.2) is 79.1 Å². The van der Waals surface area contributed by atoms with Gasteiger partial charge in [0.05, 0.1) is 6.61 Å². The van der Waals surface area contributed by atoms with Gasteiger partial charge in [-0.25, -0.2) is 0 Å². The van der Waals surface area contributed by atoms with E-state index >= 15 is 0 Å². The maximum atomic E-state index is 10.7. The quantitative estimate of drug-likeness (QED) is 0.300. The first kappa shape index (κ1) is 13.8. The third-order valence-corrected chi connectivity index (χ3v) is 1.84. The third-order valence-electron chi connectivity index (χ3n) is 1.61. The van der Waals surface area contributed by atoms with Crippen LogP contribution in [0, 0.1) is 0 Å². The fraction of sp³-hybridized carbons (Fsp3) is 0.833. The van der Waals surface area contributed by atoms with E-state index in [9.17, 15) is 4.79 Å². The molecule has 0 bridgehead atoms. The predicted molar refractivity (Wildman–Crippen MR) is 43.0 cm³/mol. The van der Waals surface area contributed by atoms with E-state index in [0.29, 0.717) is 0 Å². The molecule has 0 saturated carbocycles. The van der Waals surface area contributed by atoms with Crippen LogP contribution in [0.15, 0.2) is 0 Å². The van der Waals surface area contributed by atoms with E-state index in [2.05, 4.69) is 3.79 Å². The number of hydrogen-bond donors (Lipinski definition) is 5. The first-order valence-electron chi connectivity index (χ1n) is 3.69. The first-order chi connectivity index (χ1) is 6.45. The minimum Gasteiger partial charge on any atom is -0.626 e. The summed E-state index contributed by atoms with van der Waals surface area (Å²) in [6.07, 6.45) is -7.38. The number of rotatable bonds is 5. The van der Waals surface area contributed by atoms with Crippen LogP contribution >= 0.6 is 0 Å². The molecule has 0 unspecified atom stereocenters. The number of aliphatic hydroxyl groups is 5. The zero-order valence-electron chi connectivity index (χ0n) is 7.15. The molecular formula is C6H11AlO7. The molecule has 0 saturated heterocycles. The molecule has 0 rings (SSSR count). The summed E-state index contributed by atoms with van der Waals surface area (Å²) < 4.78 is 4.01. The Kier molecular flexibility index (Phi) is 6.23. The minimum absolute atomic E-state index is 0.805. The summed E-state index contributed by atoms with van der Waals surface area (Å²) in [5.74, 6) is -1.17. The Bertz CT molecular complexity index is 187. The molecule has 0 aromatic heterocycles. The Morgan fingerprint density at radius 3 is 2.07 bits per heavy atom. The van der Waals surface area contributed by atoms with Crippen LogP contribution < -0.4 is 0 Å². The van der Waals surface area contributed by atoms with Crippen LogP contribution in [0.25, 0.3) is 0 Å². The van der Waals surface area contributed by atoms with Gasteiger partial charge in [0.15, 0.2) is 6.10 Å². The highest BCUT2D eigenvalue weighted by atomic mass is 27.1. The molecule has 0 aliphatic rings. The zero-order valence-corrected chi connectivity index (χ0v) is 8.30. The third kappa shape index (κ3) is 3.51. The van der Waals surface area contributed by atoms with Gasteiger partial charge in [0, 0.05) is 0 Å². The molecule has 0 heterocycles. The Morgan fingerprint density at radius 1 is 1.21 bits per heavy atom. The molecule has 4 atom stereocenters. The van der Waals surface area contributed by atoms with Crippen LogP contribution in [-0.2, 0) is 8.58 Å². The van der Waals surface area contributed by atoms with Gasteiger partial charge >= 0.3 is 22.6 Å². The van der Waals surface area contributed by atoms with E-state index in [-0.39, 0.29) is 0 Å². The Hall–Kier alpha value is -0.198. The van der Waals surface area contributed by atoms with Gasteiger partial charge in [0.25, 0.3) is 0 Å². The second kappa shape index (κ2) is 6.32. The average Bonchev–Trinajstić information content (AvgIpc) is 2.23. The van der Waals surface area contributed by atoms with Crippen molar-refractivity contribution >= 4 is 22.6 Å². The van der Waals surface area contributed by atoms with Crippen molar-refractivity contribution in [3.63, 3.8) is 0 Å². The lowest BCUT2D eigenvalue weighted by Crippen LogP contribution is -2.49. The molecule has 7 nitrogen and oxygen atoms in total. The van der Waals surface area contributed by atoms with Crippen LogP contribution in [0.2, 0.25) is 0 Å². The van der Waals surface area contributed by atoms with Crippen LogP contribution in [0.5, 0.6) is 0 Å². The number of carbonyl (C=O) groups excluding carboxylic acids is 1. The Labute approximate surface area is 88.3 Å². The molecule has 14 heavy (non-hydrogen) atoms. The van der Waals surface area contributed by atoms with Gasteiger partial charge in [0.1, 0.15) is 18.3 Å². The molecule has 0 aliphatic heterocycles. The largest absolute Gasteiger partial charge is 0.626 e. The van der Waals surface area contributed by atoms with Crippen molar-refractivity contribution in [2.45, 2.75) is 24.4 Å². The van der Waals surface area contributed by atoms with Gasteiger partial charge < -0.3 is 29.3 Å². The van der Waals surface area contributed by atoms with Crippen molar-refractivity contribution in [2.24, 2.45) is 0 Å². The summed E-state index contributed by atoms with van der Waals surface area (Å²) in [7, 11) is 0. The van der Waals surface area contributed by atoms with Crippen molar-refractivity contribution in [3.8, 4) is 0 Å². The second-order valence-electron chi connectivity index (χ2n) is 2.61. The fourth-order valence-corrected chi connectivity index (χ4v) is 0.871. The van der Waals surface area contributed by atoms with Gasteiger partial charge in [-0.2, -0.15) is 0 Å². The van der Waals surface area contributed by atoms with E-state index in [0.717, 1.165) is 0 Å². The first-order valence-corrected chi connectivity index (χ1v) is 4.16. The van der Waals surface area contributed by atoms with Gasteiger partial charge in [-0.1, -0.05) is 0 Å². The second-order valence-corrected chi connectivity index (χ2v) is 2.85. The average molecular weight is 222 g/mol. The van der Waals surface area contributed by atoms with Gasteiger partial charge in [-0.05, 0) is 0 Å². The lowest BCUT2D eigenvalue weighted by Gasteiger charge is -2.24. The highest BCUT2D eigenvalue weighted by Gasteiger charge is 2.34. The van der Waals surface area contributed by atoms with E-state index in [1.54, 1.807) is 16.6 Å². The molecule has 5 N–H and O–H groups in total. The molecule has 8 heteroatoms. The normalized spacial score (nSPS) is 19.5. The summed E-state index contributed by atoms with van der Waals surface area (Å²) in [5, 5.41) is 44.5.